The minimum Gasteiger partial charge on any atom is -0.503 e. The molecule has 2 N–H and O–H groups in total. The van der Waals surface area contributed by atoms with Gasteiger partial charge in [0.2, 0.25) is 5.91 Å². The second-order valence-electron chi connectivity index (χ2n) is 8.30. The normalized spacial score (nSPS) is 13.6. The van der Waals surface area contributed by atoms with Crippen LogP contribution < -0.4 is 0 Å². The van der Waals surface area contributed by atoms with Gasteiger partial charge in [-0.2, -0.15) is 13.2 Å². The van der Waals surface area contributed by atoms with Crippen molar-refractivity contribution in [1.29, 1.82) is 0 Å². The summed E-state index contributed by atoms with van der Waals surface area (Å²) < 4.78 is 39.8. The zero-order valence-electron chi connectivity index (χ0n) is 18.4. The summed E-state index contributed by atoms with van der Waals surface area (Å²) in [4.78, 5) is 18.5. The number of pyridine rings is 1. The first-order valence-electron chi connectivity index (χ1n) is 10.9. The van der Waals surface area contributed by atoms with Gasteiger partial charge in [0.15, 0.2) is 11.5 Å². The lowest BCUT2D eigenvalue weighted by Crippen LogP contribution is -2.36. The summed E-state index contributed by atoms with van der Waals surface area (Å²) >= 11 is 12.3. The maximum atomic E-state index is 13.3. The maximum Gasteiger partial charge on any atom is 0.417 e. The Kier molecular flexibility index (Phi) is 7.15. The number of phenols is 2. The topological polar surface area (TPSA) is 73.7 Å². The zero-order valence-corrected chi connectivity index (χ0v) is 19.9. The van der Waals surface area contributed by atoms with Crippen LogP contribution >= 0.6 is 23.2 Å². The van der Waals surface area contributed by atoms with Gasteiger partial charge >= 0.3 is 6.18 Å². The Morgan fingerprint density at radius 1 is 1.06 bits per heavy atom. The zero-order chi connectivity index (χ0) is 25.3. The third kappa shape index (κ3) is 5.18. The van der Waals surface area contributed by atoms with E-state index in [0.29, 0.717) is 47.3 Å². The quantitative estimate of drug-likeness (QED) is 0.379. The number of nitrogens with zero attached hydrogens (tertiary/aromatic N) is 2. The Balaban J connectivity index is 1.48. The molecule has 1 amide bonds. The average molecular weight is 525 g/mol. The summed E-state index contributed by atoms with van der Waals surface area (Å²) in [5, 5.41) is 19.8. The molecule has 0 saturated carbocycles. The van der Waals surface area contributed by atoms with E-state index in [4.69, 9.17) is 23.2 Å². The molecule has 1 aromatic heterocycles. The summed E-state index contributed by atoms with van der Waals surface area (Å²) in [6, 6.07) is 10.0. The van der Waals surface area contributed by atoms with Gasteiger partial charge in [0, 0.05) is 31.3 Å². The first kappa shape index (κ1) is 25.1. The maximum absolute atomic E-state index is 13.3. The first-order valence-corrected chi connectivity index (χ1v) is 11.6. The monoisotopic (exact) mass is 524 g/mol. The lowest BCUT2D eigenvalue weighted by atomic mass is 9.97. The van der Waals surface area contributed by atoms with E-state index in [1.807, 2.05) is 6.07 Å². The van der Waals surface area contributed by atoms with E-state index >= 15 is 0 Å². The lowest BCUT2D eigenvalue weighted by Gasteiger charge is -2.30. The van der Waals surface area contributed by atoms with Gasteiger partial charge in [-0.3, -0.25) is 9.78 Å². The largest absolute Gasteiger partial charge is 0.503 e. The predicted octanol–water partition coefficient (Wildman–Crippen LogP) is 6.39. The average Bonchev–Trinajstić information content (AvgIpc) is 2.85. The molecule has 0 saturated heterocycles. The van der Waals surface area contributed by atoms with Crippen LogP contribution in [-0.4, -0.2) is 32.5 Å². The molecule has 5 nitrogen and oxygen atoms in total. The van der Waals surface area contributed by atoms with Crippen LogP contribution in [0.2, 0.25) is 10.0 Å². The summed E-state index contributed by atoms with van der Waals surface area (Å²) in [5.41, 5.74) is 1.79. The second-order valence-corrected chi connectivity index (χ2v) is 9.05. The number of alkyl halides is 3. The van der Waals surface area contributed by atoms with Crippen molar-refractivity contribution in [3.05, 3.63) is 74.9 Å². The van der Waals surface area contributed by atoms with E-state index in [9.17, 15) is 28.2 Å². The van der Waals surface area contributed by atoms with Gasteiger partial charge in [-0.1, -0.05) is 53.5 Å². The smallest absolute Gasteiger partial charge is 0.417 e. The molecule has 0 radical (unpaired) electrons. The van der Waals surface area contributed by atoms with Gasteiger partial charge in [-0.15, -0.1) is 0 Å². The van der Waals surface area contributed by atoms with Crippen LogP contribution in [0.15, 0.2) is 42.6 Å². The fraction of sp³-hybridized carbons (Fsp3) is 0.280. The van der Waals surface area contributed by atoms with E-state index in [1.165, 1.54) is 0 Å². The van der Waals surface area contributed by atoms with Crippen LogP contribution in [0, 0.1) is 0 Å². The second kappa shape index (κ2) is 9.95. The molecule has 1 aliphatic heterocycles. The number of rotatable bonds is 5. The predicted molar refractivity (Wildman–Crippen MR) is 127 cm³/mol. The molecule has 2 heterocycles. The molecular formula is C25H21Cl2F3N2O3. The number of carbonyl (C=O) groups is 1. The summed E-state index contributed by atoms with van der Waals surface area (Å²) in [6.45, 7) is 0.452. The molecule has 0 spiro atoms. The first-order chi connectivity index (χ1) is 16.6. The van der Waals surface area contributed by atoms with Gasteiger partial charge in [0.1, 0.15) is 0 Å². The van der Waals surface area contributed by atoms with Gasteiger partial charge < -0.3 is 15.1 Å². The highest BCUT2D eigenvalue weighted by atomic mass is 35.5. The molecule has 0 atom stereocenters. The molecule has 1 aliphatic rings. The number of aryl methyl sites for hydroxylation is 1. The van der Waals surface area contributed by atoms with Crippen LogP contribution in [-0.2, 0) is 30.4 Å². The van der Waals surface area contributed by atoms with E-state index in [1.54, 1.807) is 29.2 Å². The number of hydrogen-bond donors (Lipinski definition) is 2. The third-order valence-corrected chi connectivity index (χ3v) is 6.86. The standard InChI is InChI=1S/C25H21Cl2F3N2O3/c26-20-17-9-10-32(13-18(17)21(27)24(35)23(20)34)19(33)8-4-7-15-11-16(25(28,29)30)12-31-22(15)14-5-2-1-3-6-14/h1-3,5-6,11-12,34-35H,4,7-10,13H2. The van der Waals surface area contributed by atoms with Crippen molar-refractivity contribution in [3.8, 4) is 22.8 Å². The Morgan fingerprint density at radius 2 is 1.71 bits per heavy atom. The van der Waals surface area contributed by atoms with Gasteiger partial charge in [-0.25, -0.2) is 0 Å². The highest BCUT2D eigenvalue weighted by molar-refractivity contribution is 6.36. The fourth-order valence-electron chi connectivity index (χ4n) is 4.21. The highest BCUT2D eigenvalue weighted by Crippen LogP contribution is 2.46. The SMILES string of the molecule is O=C(CCCc1cc(C(F)(F)F)cnc1-c1ccccc1)N1CCc2c(Cl)c(O)c(O)c(Cl)c2C1. The summed E-state index contributed by atoms with van der Waals surface area (Å²) in [5.74, 6) is -1.22. The van der Waals surface area contributed by atoms with Crippen LogP contribution in [0.1, 0.15) is 35.1 Å². The number of amides is 1. The van der Waals surface area contributed by atoms with Crippen LogP contribution in [0.4, 0.5) is 13.2 Å². The molecule has 35 heavy (non-hydrogen) atoms. The van der Waals surface area contributed by atoms with E-state index in [0.717, 1.165) is 12.3 Å². The molecule has 4 rings (SSSR count). The van der Waals surface area contributed by atoms with Crippen LogP contribution in [0.3, 0.4) is 0 Å². The molecular weight excluding hydrogens is 504 g/mol. The molecule has 10 heteroatoms. The number of phenolic OH excluding ortho intramolecular Hbond substituents is 2. The minimum atomic E-state index is -4.52. The van der Waals surface area contributed by atoms with E-state index in [2.05, 4.69) is 4.98 Å². The van der Waals surface area contributed by atoms with Crippen LogP contribution in [0.5, 0.6) is 11.5 Å². The molecule has 2 aromatic carbocycles. The van der Waals surface area contributed by atoms with Crippen LogP contribution in [0.25, 0.3) is 11.3 Å². The number of hydrogen-bond acceptors (Lipinski definition) is 4. The number of aromatic hydroxyl groups is 2. The van der Waals surface area contributed by atoms with Gasteiger partial charge in [0.25, 0.3) is 0 Å². The number of aromatic nitrogens is 1. The molecule has 0 unspecified atom stereocenters. The van der Waals surface area contributed by atoms with Crippen molar-refractivity contribution in [1.82, 2.24) is 9.88 Å². The molecule has 3 aromatic rings. The van der Waals surface area contributed by atoms with E-state index in [-0.39, 0.29) is 35.3 Å². The van der Waals surface area contributed by atoms with E-state index < -0.39 is 23.2 Å². The minimum absolute atomic E-state index is 0.0134. The lowest BCUT2D eigenvalue weighted by molar-refractivity contribution is -0.138. The summed E-state index contributed by atoms with van der Waals surface area (Å²) in [7, 11) is 0. The Hall–Kier alpha value is -2.97. The number of fused-ring (bicyclic) bond motifs is 1. The number of halogens is 5. The van der Waals surface area contributed by atoms with Gasteiger partial charge in [-0.05, 0) is 42.0 Å². The molecule has 0 bridgehead atoms. The van der Waals surface area contributed by atoms with Gasteiger partial charge in [0.05, 0.1) is 21.3 Å². The van der Waals surface area contributed by atoms with Crippen molar-refractivity contribution >= 4 is 29.1 Å². The summed E-state index contributed by atoms with van der Waals surface area (Å²) in [6.07, 6.45) is -2.68. The van der Waals surface area contributed by atoms with Crippen molar-refractivity contribution in [2.45, 2.75) is 38.4 Å². The fourth-order valence-corrected chi connectivity index (χ4v) is 4.78. The molecule has 0 fully saturated rings. The van der Waals surface area contributed by atoms with Crippen molar-refractivity contribution in [2.75, 3.05) is 6.54 Å². The molecule has 184 valence electrons. The Labute approximate surface area is 209 Å². The highest BCUT2D eigenvalue weighted by Gasteiger charge is 2.32. The molecule has 0 aliphatic carbocycles. The van der Waals surface area contributed by atoms with Crippen molar-refractivity contribution in [2.24, 2.45) is 0 Å². The Bertz CT molecular complexity index is 1270. The van der Waals surface area contributed by atoms with Crippen molar-refractivity contribution < 1.29 is 28.2 Å². The Morgan fingerprint density at radius 3 is 2.37 bits per heavy atom. The number of carbonyl (C=O) groups excluding carboxylic acids is 1. The van der Waals surface area contributed by atoms with Crippen molar-refractivity contribution in [3.63, 3.8) is 0 Å². The number of benzene rings is 2. The third-order valence-electron chi connectivity index (χ3n) is 6.05.